The molecule has 0 saturated heterocycles. The van der Waals surface area contributed by atoms with Crippen molar-refractivity contribution in [1.82, 2.24) is 0 Å². The van der Waals surface area contributed by atoms with Crippen LogP contribution in [0, 0.1) is 6.92 Å². The number of nitrogens with two attached hydrogens (primary N) is 1. The Labute approximate surface area is 154 Å². The first-order valence-corrected chi connectivity index (χ1v) is 8.63. The van der Waals surface area contributed by atoms with Gasteiger partial charge in [-0.05, 0) is 47.7 Å². The lowest BCUT2D eigenvalue weighted by molar-refractivity contribution is -0.113. The average molecular weight is 365 g/mol. The SMILES string of the molecule is Cc1ccc(N)cc1NC(=O)CSc1ccc(C(C)(C)C)cc1.Cl. The minimum absolute atomic E-state index is 0. The van der Waals surface area contributed by atoms with Gasteiger partial charge in [0.05, 0.1) is 5.75 Å². The van der Waals surface area contributed by atoms with E-state index in [0.29, 0.717) is 11.4 Å². The topological polar surface area (TPSA) is 55.1 Å². The molecule has 24 heavy (non-hydrogen) atoms. The second-order valence-electron chi connectivity index (χ2n) is 6.69. The number of carbonyl (C=O) groups excluding carboxylic acids is 1. The van der Waals surface area contributed by atoms with Crippen molar-refractivity contribution in [3.63, 3.8) is 0 Å². The molecule has 3 nitrogen and oxygen atoms in total. The van der Waals surface area contributed by atoms with Crippen molar-refractivity contribution >= 4 is 41.5 Å². The number of nitrogen functional groups attached to an aromatic ring is 1. The number of halogens is 1. The van der Waals surface area contributed by atoms with E-state index in [-0.39, 0.29) is 23.7 Å². The van der Waals surface area contributed by atoms with E-state index < -0.39 is 0 Å². The molecule has 1 amide bonds. The zero-order valence-corrected chi connectivity index (χ0v) is 16.2. The van der Waals surface area contributed by atoms with Gasteiger partial charge in [-0.25, -0.2) is 0 Å². The Morgan fingerprint density at radius 2 is 1.75 bits per heavy atom. The number of amides is 1. The van der Waals surface area contributed by atoms with E-state index >= 15 is 0 Å². The summed E-state index contributed by atoms with van der Waals surface area (Å²) in [5.74, 6) is 0.354. The number of benzene rings is 2. The maximum Gasteiger partial charge on any atom is 0.234 e. The van der Waals surface area contributed by atoms with E-state index in [1.54, 1.807) is 6.07 Å². The van der Waals surface area contributed by atoms with Gasteiger partial charge in [-0.1, -0.05) is 39.0 Å². The zero-order chi connectivity index (χ0) is 17.0. The van der Waals surface area contributed by atoms with E-state index in [1.165, 1.54) is 17.3 Å². The summed E-state index contributed by atoms with van der Waals surface area (Å²) in [5.41, 5.74) is 9.63. The molecule has 5 heteroatoms. The Balaban J connectivity index is 0.00000288. The van der Waals surface area contributed by atoms with Gasteiger partial charge in [-0.3, -0.25) is 4.79 Å². The first-order valence-electron chi connectivity index (χ1n) is 7.65. The second kappa shape index (κ2) is 8.45. The van der Waals surface area contributed by atoms with E-state index in [0.717, 1.165) is 16.1 Å². The van der Waals surface area contributed by atoms with Crippen LogP contribution in [0.5, 0.6) is 0 Å². The molecule has 0 heterocycles. The molecule has 0 aliphatic heterocycles. The minimum atomic E-state index is -0.0244. The molecular weight excluding hydrogens is 340 g/mol. The summed E-state index contributed by atoms with van der Waals surface area (Å²) >= 11 is 1.53. The Morgan fingerprint density at radius 3 is 2.33 bits per heavy atom. The van der Waals surface area contributed by atoms with E-state index in [1.807, 2.05) is 19.1 Å². The molecule has 0 radical (unpaired) electrons. The maximum atomic E-state index is 12.1. The van der Waals surface area contributed by atoms with Crippen molar-refractivity contribution in [3.8, 4) is 0 Å². The van der Waals surface area contributed by atoms with Gasteiger partial charge >= 0.3 is 0 Å². The quantitative estimate of drug-likeness (QED) is 0.591. The third kappa shape index (κ3) is 5.77. The van der Waals surface area contributed by atoms with Crippen LogP contribution in [0.15, 0.2) is 47.4 Å². The summed E-state index contributed by atoms with van der Waals surface area (Å²) in [4.78, 5) is 13.2. The monoisotopic (exact) mass is 364 g/mol. The number of aryl methyl sites for hydroxylation is 1. The number of rotatable bonds is 4. The molecule has 2 rings (SSSR count). The van der Waals surface area contributed by atoms with Crippen LogP contribution in [0.2, 0.25) is 0 Å². The maximum absolute atomic E-state index is 12.1. The second-order valence-corrected chi connectivity index (χ2v) is 7.73. The number of anilines is 2. The van der Waals surface area contributed by atoms with Gasteiger partial charge in [0.15, 0.2) is 0 Å². The van der Waals surface area contributed by atoms with Crippen molar-refractivity contribution in [1.29, 1.82) is 0 Å². The smallest absolute Gasteiger partial charge is 0.234 e. The predicted molar refractivity (Wildman–Crippen MR) is 107 cm³/mol. The van der Waals surface area contributed by atoms with Crippen LogP contribution >= 0.6 is 24.2 Å². The third-order valence-corrected chi connectivity index (χ3v) is 4.64. The molecule has 2 aromatic rings. The molecule has 3 N–H and O–H groups in total. The number of nitrogens with one attached hydrogen (secondary N) is 1. The van der Waals surface area contributed by atoms with Gasteiger partial charge in [0, 0.05) is 16.3 Å². The highest BCUT2D eigenvalue weighted by Crippen LogP contribution is 2.26. The van der Waals surface area contributed by atoms with Crippen LogP contribution in [0.1, 0.15) is 31.9 Å². The molecule has 0 aromatic heterocycles. The van der Waals surface area contributed by atoms with Gasteiger partial charge in [0.2, 0.25) is 5.91 Å². The Bertz CT molecular complexity index is 694. The summed E-state index contributed by atoms with van der Waals surface area (Å²) in [7, 11) is 0. The van der Waals surface area contributed by atoms with E-state index in [2.05, 4.69) is 50.4 Å². The number of hydrogen-bond donors (Lipinski definition) is 2. The summed E-state index contributed by atoms with van der Waals surface area (Å²) < 4.78 is 0. The van der Waals surface area contributed by atoms with Crippen LogP contribution < -0.4 is 11.1 Å². The molecule has 0 bridgehead atoms. The highest BCUT2D eigenvalue weighted by molar-refractivity contribution is 8.00. The number of thioether (sulfide) groups is 1. The average Bonchev–Trinajstić information content (AvgIpc) is 2.48. The normalized spacial score (nSPS) is 10.8. The van der Waals surface area contributed by atoms with Crippen molar-refractivity contribution in [3.05, 3.63) is 53.6 Å². The van der Waals surface area contributed by atoms with Crippen molar-refractivity contribution < 1.29 is 4.79 Å². The molecule has 0 saturated carbocycles. The fourth-order valence-electron chi connectivity index (χ4n) is 2.16. The summed E-state index contributed by atoms with van der Waals surface area (Å²) in [6.07, 6.45) is 0. The Kier molecular flexibility index (Phi) is 7.18. The number of carbonyl (C=O) groups is 1. The fraction of sp³-hybridized carbons (Fsp3) is 0.316. The van der Waals surface area contributed by atoms with Crippen LogP contribution in [0.25, 0.3) is 0 Å². The molecule has 0 aliphatic rings. The predicted octanol–water partition coefficient (Wildman–Crippen LogP) is 5.03. The van der Waals surface area contributed by atoms with Crippen LogP contribution in [-0.4, -0.2) is 11.7 Å². The molecule has 0 unspecified atom stereocenters. The van der Waals surface area contributed by atoms with Crippen LogP contribution in [0.3, 0.4) is 0 Å². The van der Waals surface area contributed by atoms with Gasteiger partial charge < -0.3 is 11.1 Å². The first-order chi connectivity index (χ1) is 10.8. The van der Waals surface area contributed by atoms with Gasteiger partial charge in [0.1, 0.15) is 0 Å². The lowest BCUT2D eigenvalue weighted by Crippen LogP contribution is -2.15. The fourth-order valence-corrected chi connectivity index (χ4v) is 2.86. The lowest BCUT2D eigenvalue weighted by Gasteiger charge is -2.19. The summed E-state index contributed by atoms with van der Waals surface area (Å²) in [5, 5.41) is 2.92. The first kappa shape index (κ1) is 20.4. The van der Waals surface area contributed by atoms with Crippen LogP contribution in [0.4, 0.5) is 11.4 Å². The third-order valence-electron chi connectivity index (χ3n) is 3.63. The standard InChI is InChI=1S/C19H24N2OS.ClH/c1-13-5-8-15(20)11-17(13)21-18(22)12-23-16-9-6-14(7-10-16)19(2,3)4;/h5-11H,12,20H2,1-4H3,(H,21,22);1H. The molecular formula is C19H25ClN2OS. The highest BCUT2D eigenvalue weighted by atomic mass is 35.5. The van der Waals surface area contributed by atoms with Crippen LogP contribution in [-0.2, 0) is 10.2 Å². The van der Waals surface area contributed by atoms with Crippen molar-refractivity contribution in [2.24, 2.45) is 0 Å². The molecule has 0 atom stereocenters. The van der Waals surface area contributed by atoms with E-state index in [9.17, 15) is 4.79 Å². The molecule has 130 valence electrons. The highest BCUT2D eigenvalue weighted by Gasteiger charge is 2.13. The van der Waals surface area contributed by atoms with Crippen molar-refractivity contribution in [2.75, 3.05) is 16.8 Å². The molecule has 2 aromatic carbocycles. The molecule has 0 spiro atoms. The number of hydrogen-bond acceptors (Lipinski definition) is 3. The lowest BCUT2D eigenvalue weighted by atomic mass is 9.87. The Hall–Kier alpha value is -1.65. The minimum Gasteiger partial charge on any atom is -0.399 e. The largest absolute Gasteiger partial charge is 0.399 e. The molecule has 0 aliphatic carbocycles. The zero-order valence-electron chi connectivity index (χ0n) is 14.6. The molecule has 0 fully saturated rings. The summed E-state index contributed by atoms with van der Waals surface area (Å²) in [6, 6.07) is 13.9. The summed E-state index contributed by atoms with van der Waals surface area (Å²) in [6.45, 7) is 8.52. The Morgan fingerprint density at radius 1 is 1.12 bits per heavy atom. The van der Waals surface area contributed by atoms with Gasteiger partial charge in [-0.2, -0.15) is 0 Å². The van der Waals surface area contributed by atoms with Gasteiger partial charge in [0.25, 0.3) is 0 Å². The van der Waals surface area contributed by atoms with Gasteiger partial charge in [-0.15, -0.1) is 24.2 Å². The van der Waals surface area contributed by atoms with Crippen molar-refractivity contribution in [2.45, 2.75) is 38.0 Å². The van der Waals surface area contributed by atoms with E-state index in [4.69, 9.17) is 5.73 Å².